The first kappa shape index (κ1) is 18.5. The van der Waals surface area contributed by atoms with Crippen molar-refractivity contribution in [3.8, 4) is 0 Å². The number of nitrogens with zero attached hydrogens (tertiary/aromatic N) is 2. The zero-order valence-electron chi connectivity index (χ0n) is 15.3. The molecule has 2 heterocycles. The standard InChI is InChI=1S/C22H17ClN2O2S/c1-14-10-11-15(23)13-17(14)25-21(26)19(18-9-6-12-28-18)20(22(25)27)24(2)16-7-4-3-5-8-16/h3-13H,1-2H3. The lowest BCUT2D eigenvalue weighted by Crippen LogP contribution is -2.34. The number of rotatable bonds is 4. The zero-order chi connectivity index (χ0) is 19.8. The Morgan fingerprint density at radius 3 is 2.39 bits per heavy atom. The van der Waals surface area contributed by atoms with Gasteiger partial charge in [-0.1, -0.05) is 41.9 Å². The Bertz CT molecular complexity index is 1090. The van der Waals surface area contributed by atoms with Crippen molar-refractivity contribution in [2.45, 2.75) is 6.92 Å². The van der Waals surface area contributed by atoms with Crippen molar-refractivity contribution >= 4 is 51.7 Å². The Kier molecular flexibility index (Phi) is 4.79. The molecule has 6 heteroatoms. The first-order valence-electron chi connectivity index (χ1n) is 8.71. The molecular formula is C22H17ClN2O2S. The first-order chi connectivity index (χ1) is 13.5. The molecule has 0 saturated carbocycles. The van der Waals surface area contributed by atoms with Gasteiger partial charge >= 0.3 is 0 Å². The summed E-state index contributed by atoms with van der Waals surface area (Å²) in [4.78, 5) is 30.6. The lowest BCUT2D eigenvalue weighted by molar-refractivity contribution is -0.120. The number of aryl methyl sites for hydroxylation is 1. The summed E-state index contributed by atoms with van der Waals surface area (Å²) in [5.41, 5.74) is 2.91. The van der Waals surface area contributed by atoms with Crippen molar-refractivity contribution in [2.24, 2.45) is 0 Å². The zero-order valence-corrected chi connectivity index (χ0v) is 16.9. The number of likely N-dealkylation sites (N-methyl/N-ethyl adjacent to an activating group) is 1. The Hall–Kier alpha value is -2.89. The maximum Gasteiger partial charge on any atom is 0.282 e. The van der Waals surface area contributed by atoms with E-state index in [1.54, 1.807) is 24.1 Å². The number of thiophene rings is 1. The maximum atomic E-state index is 13.5. The number of carbonyl (C=O) groups is 2. The van der Waals surface area contributed by atoms with Gasteiger partial charge in [-0.2, -0.15) is 0 Å². The highest BCUT2D eigenvalue weighted by Crippen LogP contribution is 2.39. The highest BCUT2D eigenvalue weighted by atomic mass is 35.5. The minimum absolute atomic E-state index is 0.337. The van der Waals surface area contributed by atoms with Crippen LogP contribution in [0.15, 0.2) is 71.7 Å². The third kappa shape index (κ3) is 3.03. The second-order valence-electron chi connectivity index (χ2n) is 6.47. The molecule has 0 atom stereocenters. The van der Waals surface area contributed by atoms with Gasteiger partial charge in [-0.05, 0) is 48.2 Å². The van der Waals surface area contributed by atoms with Gasteiger partial charge in [0.2, 0.25) is 0 Å². The monoisotopic (exact) mass is 408 g/mol. The maximum absolute atomic E-state index is 13.5. The molecule has 28 heavy (non-hydrogen) atoms. The van der Waals surface area contributed by atoms with Gasteiger partial charge in [0.15, 0.2) is 0 Å². The molecule has 0 radical (unpaired) electrons. The van der Waals surface area contributed by atoms with Crippen LogP contribution in [0.1, 0.15) is 10.4 Å². The molecule has 0 fully saturated rings. The number of hydrogen-bond donors (Lipinski definition) is 0. The van der Waals surface area contributed by atoms with Gasteiger partial charge in [-0.3, -0.25) is 9.59 Å². The molecule has 0 bridgehead atoms. The van der Waals surface area contributed by atoms with Gasteiger partial charge in [-0.25, -0.2) is 4.90 Å². The van der Waals surface area contributed by atoms with Crippen LogP contribution in [0.4, 0.5) is 11.4 Å². The fourth-order valence-corrected chi connectivity index (χ4v) is 4.22. The molecular weight excluding hydrogens is 392 g/mol. The van der Waals surface area contributed by atoms with Crippen LogP contribution >= 0.6 is 22.9 Å². The summed E-state index contributed by atoms with van der Waals surface area (Å²) in [6.07, 6.45) is 0. The Balaban J connectivity index is 1.88. The van der Waals surface area contributed by atoms with E-state index in [2.05, 4.69) is 0 Å². The van der Waals surface area contributed by atoms with Crippen LogP contribution in [-0.2, 0) is 9.59 Å². The molecule has 2 aromatic carbocycles. The van der Waals surface area contributed by atoms with E-state index < -0.39 is 0 Å². The van der Waals surface area contributed by atoms with E-state index in [4.69, 9.17) is 11.6 Å². The Morgan fingerprint density at radius 1 is 0.964 bits per heavy atom. The van der Waals surface area contributed by atoms with Crippen LogP contribution in [0.5, 0.6) is 0 Å². The van der Waals surface area contributed by atoms with E-state index in [1.807, 2.05) is 60.8 Å². The molecule has 1 aliphatic rings. The molecule has 2 amide bonds. The van der Waals surface area contributed by atoms with E-state index in [0.29, 0.717) is 22.0 Å². The third-order valence-corrected chi connectivity index (χ3v) is 5.84. The predicted octanol–water partition coefficient (Wildman–Crippen LogP) is 5.13. The number of amides is 2. The third-order valence-electron chi connectivity index (χ3n) is 4.72. The summed E-state index contributed by atoms with van der Waals surface area (Å²) in [6, 6.07) is 18.5. The van der Waals surface area contributed by atoms with Gasteiger partial charge in [-0.15, -0.1) is 11.3 Å². The molecule has 0 aliphatic carbocycles. The van der Waals surface area contributed by atoms with Crippen molar-refractivity contribution in [1.29, 1.82) is 0 Å². The van der Waals surface area contributed by atoms with E-state index in [9.17, 15) is 9.59 Å². The van der Waals surface area contributed by atoms with Crippen LogP contribution < -0.4 is 9.80 Å². The molecule has 0 N–H and O–H groups in total. The number of anilines is 2. The van der Waals surface area contributed by atoms with Crippen LogP contribution in [-0.4, -0.2) is 18.9 Å². The van der Waals surface area contributed by atoms with E-state index >= 15 is 0 Å². The predicted molar refractivity (Wildman–Crippen MR) is 115 cm³/mol. The number of halogens is 1. The Morgan fingerprint density at radius 2 is 1.71 bits per heavy atom. The van der Waals surface area contributed by atoms with E-state index in [1.165, 1.54) is 16.2 Å². The van der Waals surface area contributed by atoms with Crippen molar-refractivity contribution in [3.63, 3.8) is 0 Å². The second-order valence-corrected chi connectivity index (χ2v) is 7.86. The molecule has 0 saturated heterocycles. The summed E-state index contributed by atoms with van der Waals surface area (Å²) in [7, 11) is 1.80. The minimum atomic E-state index is -0.356. The molecule has 140 valence electrons. The average molecular weight is 409 g/mol. The number of hydrogen-bond acceptors (Lipinski definition) is 4. The second kappa shape index (κ2) is 7.26. The molecule has 0 spiro atoms. The van der Waals surface area contributed by atoms with E-state index in [0.717, 1.165) is 16.1 Å². The SMILES string of the molecule is Cc1ccc(Cl)cc1N1C(=O)C(c2cccs2)=C(N(C)c2ccccc2)C1=O. The van der Waals surface area contributed by atoms with Gasteiger partial charge in [0, 0.05) is 22.6 Å². The summed E-state index contributed by atoms with van der Waals surface area (Å²) in [5, 5.41) is 2.37. The van der Waals surface area contributed by atoms with Gasteiger partial charge < -0.3 is 4.90 Å². The van der Waals surface area contributed by atoms with Gasteiger partial charge in [0.1, 0.15) is 5.70 Å². The van der Waals surface area contributed by atoms with Crippen LogP contribution in [0.25, 0.3) is 5.57 Å². The van der Waals surface area contributed by atoms with Crippen molar-refractivity contribution in [3.05, 3.63) is 87.2 Å². The summed E-state index contributed by atoms with van der Waals surface area (Å²) in [6.45, 7) is 1.86. The first-order valence-corrected chi connectivity index (χ1v) is 9.96. The van der Waals surface area contributed by atoms with Crippen molar-refractivity contribution in [2.75, 3.05) is 16.8 Å². The molecule has 3 aromatic rings. The fraction of sp³-hybridized carbons (Fsp3) is 0.0909. The molecule has 4 nitrogen and oxygen atoms in total. The van der Waals surface area contributed by atoms with Crippen LogP contribution in [0, 0.1) is 6.92 Å². The van der Waals surface area contributed by atoms with Crippen LogP contribution in [0.2, 0.25) is 5.02 Å². The number of para-hydroxylation sites is 1. The Labute approximate surface area is 172 Å². The van der Waals surface area contributed by atoms with Crippen molar-refractivity contribution < 1.29 is 9.59 Å². The normalized spacial score (nSPS) is 14.2. The quantitative estimate of drug-likeness (QED) is 0.562. The fourth-order valence-electron chi connectivity index (χ4n) is 3.30. The van der Waals surface area contributed by atoms with Gasteiger partial charge in [0.25, 0.3) is 11.8 Å². The largest absolute Gasteiger partial charge is 0.339 e. The lowest BCUT2D eigenvalue weighted by atomic mass is 10.1. The smallest absolute Gasteiger partial charge is 0.282 e. The summed E-state index contributed by atoms with van der Waals surface area (Å²) < 4.78 is 0. The molecule has 4 rings (SSSR count). The van der Waals surface area contributed by atoms with Gasteiger partial charge in [0.05, 0.1) is 11.3 Å². The summed E-state index contributed by atoms with van der Waals surface area (Å²) >= 11 is 7.59. The topological polar surface area (TPSA) is 40.6 Å². The number of benzene rings is 2. The van der Waals surface area contributed by atoms with E-state index in [-0.39, 0.29) is 11.8 Å². The highest BCUT2D eigenvalue weighted by Gasteiger charge is 2.43. The molecule has 1 aromatic heterocycles. The van der Waals surface area contributed by atoms with Crippen molar-refractivity contribution in [1.82, 2.24) is 0 Å². The number of carbonyl (C=O) groups excluding carboxylic acids is 2. The molecule has 1 aliphatic heterocycles. The molecule has 0 unspecified atom stereocenters. The lowest BCUT2D eigenvalue weighted by Gasteiger charge is -2.22. The minimum Gasteiger partial charge on any atom is -0.339 e. The summed E-state index contributed by atoms with van der Waals surface area (Å²) in [5.74, 6) is -0.694. The highest BCUT2D eigenvalue weighted by molar-refractivity contribution is 7.11. The van der Waals surface area contributed by atoms with Crippen LogP contribution in [0.3, 0.4) is 0 Å². The number of imide groups is 1. The average Bonchev–Trinajstić information content (AvgIpc) is 3.30.